The third-order valence-electron chi connectivity index (χ3n) is 1.72. The second-order valence-corrected chi connectivity index (χ2v) is 2.85. The van der Waals surface area contributed by atoms with Crippen LogP contribution in [-0.4, -0.2) is 19.4 Å². The van der Waals surface area contributed by atoms with Gasteiger partial charge in [0, 0.05) is 12.7 Å². The predicted octanol–water partition coefficient (Wildman–Crippen LogP) is 2.15. The van der Waals surface area contributed by atoms with E-state index in [1.165, 1.54) is 0 Å². The zero-order valence-electron chi connectivity index (χ0n) is 9.14. The Balaban J connectivity index is 2.47. The zero-order valence-corrected chi connectivity index (χ0v) is 9.14. The van der Waals surface area contributed by atoms with Crippen molar-refractivity contribution in [3.8, 4) is 11.5 Å². The number of benzene rings is 1. The van der Waals surface area contributed by atoms with E-state index in [4.69, 9.17) is 14.2 Å². The maximum Gasteiger partial charge on any atom is 0.335 e. The minimum atomic E-state index is -0.483. The van der Waals surface area contributed by atoms with Gasteiger partial charge >= 0.3 is 5.97 Å². The molecule has 86 valence electrons. The van der Waals surface area contributed by atoms with E-state index in [0.29, 0.717) is 18.1 Å². The van der Waals surface area contributed by atoms with E-state index in [0.717, 1.165) is 6.08 Å². The third-order valence-corrected chi connectivity index (χ3v) is 1.72. The maximum absolute atomic E-state index is 10.9. The van der Waals surface area contributed by atoms with Gasteiger partial charge in [0.2, 0.25) is 0 Å². The Morgan fingerprint density at radius 3 is 2.50 bits per heavy atom. The molecule has 0 N–H and O–H groups in total. The molecule has 0 aliphatic carbocycles. The summed E-state index contributed by atoms with van der Waals surface area (Å²) >= 11 is 0. The summed E-state index contributed by atoms with van der Waals surface area (Å²) < 4.78 is 15.2. The average Bonchev–Trinajstić information content (AvgIpc) is 2.31. The van der Waals surface area contributed by atoms with Crippen LogP contribution in [-0.2, 0) is 9.53 Å². The molecule has 0 saturated carbocycles. The van der Waals surface area contributed by atoms with Crippen LogP contribution in [0, 0.1) is 0 Å². The minimum Gasteiger partial charge on any atom is -0.468 e. The highest BCUT2D eigenvalue weighted by molar-refractivity contribution is 5.83. The first-order valence-electron chi connectivity index (χ1n) is 4.91. The molecular formula is C12H14O4. The first-order chi connectivity index (χ1) is 7.76. The number of hydrogen-bond donors (Lipinski definition) is 0. The van der Waals surface area contributed by atoms with Crippen molar-refractivity contribution in [2.45, 2.75) is 6.92 Å². The van der Waals surface area contributed by atoms with Crippen molar-refractivity contribution in [1.29, 1.82) is 0 Å². The summed E-state index contributed by atoms with van der Waals surface area (Å²) in [7, 11) is 0. The molecule has 0 amide bonds. The van der Waals surface area contributed by atoms with Crippen LogP contribution in [0.5, 0.6) is 11.5 Å². The smallest absolute Gasteiger partial charge is 0.335 e. The maximum atomic E-state index is 10.9. The van der Waals surface area contributed by atoms with Crippen molar-refractivity contribution in [1.82, 2.24) is 0 Å². The predicted molar refractivity (Wildman–Crippen MR) is 59.4 cm³/mol. The van der Waals surface area contributed by atoms with Gasteiger partial charge in [-0.25, -0.2) is 4.79 Å². The topological polar surface area (TPSA) is 44.8 Å². The molecule has 0 heterocycles. The van der Waals surface area contributed by atoms with Gasteiger partial charge in [-0.2, -0.15) is 0 Å². The lowest BCUT2D eigenvalue weighted by atomic mass is 10.3. The van der Waals surface area contributed by atoms with Crippen LogP contribution < -0.4 is 9.47 Å². The van der Waals surface area contributed by atoms with Gasteiger partial charge in [0.15, 0.2) is 6.79 Å². The second-order valence-electron chi connectivity index (χ2n) is 2.85. The molecule has 0 saturated heterocycles. The molecular weight excluding hydrogens is 208 g/mol. The van der Waals surface area contributed by atoms with Crippen molar-refractivity contribution >= 4 is 5.97 Å². The Hall–Kier alpha value is -1.81. The summed E-state index contributed by atoms with van der Waals surface area (Å²) in [6.07, 6.45) is 1.11. The number of hydrogen-bond acceptors (Lipinski definition) is 4. The molecule has 0 atom stereocenters. The van der Waals surface area contributed by atoms with Gasteiger partial charge in [-0.05, 0) is 31.2 Å². The molecule has 4 nitrogen and oxygen atoms in total. The number of esters is 1. The van der Waals surface area contributed by atoms with E-state index in [1.807, 2.05) is 6.92 Å². The van der Waals surface area contributed by atoms with Crippen molar-refractivity contribution in [3.63, 3.8) is 0 Å². The van der Waals surface area contributed by atoms with E-state index < -0.39 is 5.97 Å². The summed E-state index contributed by atoms with van der Waals surface area (Å²) in [5, 5.41) is 0. The second kappa shape index (κ2) is 6.63. The van der Waals surface area contributed by atoms with E-state index in [1.54, 1.807) is 24.3 Å². The average molecular weight is 222 g/mol. The normalized spacial score (nSPS) is 9.56. The molecule has 16 heavy (non-hydrogen) atoms. The molecule has 0 aromatic heterocycles. The van der Waals surface area contributed by atoms with Gasteiger partial charge in [-0.15, -0.1) is 0 Å². The van der Waals surface area contributed by atoms with Gasteiger partial charge < -0.3 is 14.2 Å². The van der Waals surface area contributed by atoms with Crippen LogP contribution in [0.2, 0.25) is 0 Å². The summed E-state index contributed by atoms with van der Waals surface area (Å²) in [5.74, 6) is 0.628. The molecule has 0 aliphatic rings. The Kier molecular flexibility index (Phi) is 5.08. The van der Waals surface area contributed by atoms with Crippen molar-refractivity contribution in [2.75, 3.05) is 13.4 Å². The fraction of sp³-hybridized carbons (Fsp3) is 0.250. The van der Waals surface area contributed by atoms with Gasteiger partial charge in [0.25, 0.3) is 0 Å². The molecule has 1 aromatic rings. The Morgan fingerprint density at radius 1 is 1.31 bits per heavy atom. The van der Waals surface area contributed by atoms with Crippen LogP contribution in [0.25, 0.3) is 0 Å². The molecule has 0 fully saturated rings. The molecule has 0 aliphatic heterocycles. The molecule has 1 aromatic carbocycles. The van der Waals surface area contributed by atoms with Crippen LogP contribution in [0.15, 0.2) is 36.9 Å². The van der Waals surface area contributed by atoms with Crippen molar-refractivity contribution in [2.24, 2.45) is 0 Å². The van der Waals surface area contributed by atoms with E-state index in [9.17, 15) is 4.79 Å². The SMILES string of the molecule is C=CC(=O)Oc1ccc(OCOCC)cc1. The fourth-order valence-corrected chi connectivity index (χ4v) is 0.955. The quantitative estimate of drug-likeness (QED) is 0.243. The van der Waals surface area contributed by atoms with Crippen LogP contribution in [0.4, 0.5) is 0 Å². The molecule has 0 bridgehead atoms. The number of carbonyl (C=O) groups excluding carboxylic acids is 1. The lowest BCUT2D eigenvalue weighted by Gasteiger charge is -2.06. The highest BCUT2D eigenvalue weighted by Crippen LogP contribution is 2.17. The van der Waals surface area contributed by atoms with Crippen LogP contribution >= 0.6 is 0 Å². The summed E-state index contributed by atoms with van der Waals surface area (Å²) in [6, 6.07) is 6.68. The summed E-state index contributed by atoms with van der Waals surface area (Å²) in [6.45, 7) is 6.02. The Labute approximate surface area is 94.4 Å². The highest BCUT2D eigenvalue weighted by Gasteiger charge is 1.99. The Bertz CT molecular complexity index is 343. The van der Waals surface area contributed by atoms with E-state index >= 15 is 0 Å². The van der Waals surface area contributed by atoms with Gasteiger partial charge in [0.1, 0.15) is 11.5 Å². The van der Waals surface area contributed by atoms with Crippen molar-refractivity contribution in [3.05, 3.63) is 36.9 Å². The third kappa shape index (κ3) is 4.14. The van der Waals surface area contributed by atoms with Gasteiger partial charge in [-0.1, -0.05) is 6.58 Å². The number of carbonyl (C=O) groups is 1. The Morgan fingerprint density at radius 2 is 1.94 bits per heavy atom. The summed E-state index contributed by atoms with van der Waals surface area (Å²) in [5.41, 5.74) is 0. The monoisotopic (exact) mass is 222 g/mol. The van der Waals surface area contributed by atoms with Crippen LogP contribution in [0.1, 0.15) is 6.92 Å². The highest BCUT2D eigenvalue weighted by atomic mass is 16.7. The fourth-order valence-electron chi connectivity index (χ4n) is 0.955. The number of ether oxygens (including phenoxy) is 3. The minimum absolute atomic E-state index is 0.211. The summed E-state index contributed by atoms with van der Waals surface area (Å²) in [4.78, 5) is 10.9. The largest absolute Gasteiger partial charge is 0.468 e. The molecule has 4 heteroatoms. The van der Waals surface area contributed by atoms with E-state index in [2.05, 4.69) is 6.58 Å². The lowest BCUT2D eigenvalue weighted by Crippen LogP contribution is -2.04. The lowest BCUT2D eigenvalue weighted by molar-refractivity contribution is -0.128. The van der Waals surface area contributed by atoms with E-state index in [-0.39, 0.29) is 6.79 Å². The molecule has 0 spiro atoms. The first-order valence-corrected chi connectivity index (χ1v) is 4.91. The molecule has 1 rings (SSSR count). The van der Waals surface area contributed by atoms with Crippen LogP contribution in [0.3, 0.4) is 0 Å². The van der Waals surface area contributed by atoms with Crippen molar-refractivity contribution < 1.29 is 19.0 Å². The number of rotatable bonds is 6. The zero-order chi connectivity index (χ0) is 11.8. The van der Waals surface area contributed by atoms with Gasteiger partial charge in [0.05, 0.1) is 0 Å². The molecule has 0 radical (unpaired) electrons. The first kappa shape index (κ1) is 12.3. The molecule has 0 unspecified atom stereocenters. The standard InChI is InChI=1S/C12H14O4/c1-3-12(13)16-11-7-5-10(6-8-11)15-9-14-4-2/h3,5-8H,1,4,9H2,2H3. The van der Waals surface area contributed by atoms with Gasteiger partial charge in [-0.3, -0.25) is 0 Å².